The Kier molecular flexibility index (Phi) is 4.91. The van der Waals surface area contributed by atoms with Crippen LogP contribution in [-0.4, -0.2) is 56.5 Å². The van der Waals surface area contributed by atoms with Gasteiger partial charge in [0, 0.05) is 56.5 Å². The third kappa shape index (κ3) is 3.53. The van der Waals surface area contributed by atoms with Crippen LogP contribution in [-0.2, 0) is 10.0 Å². The fourth-order valence-electron chi connectivity index (χ4n) is 2.84. The molecule has 1 aromatic carbocycles. The lowest BCUT2D eigenvalue weighted by Crippen LogP contribution is -2.45. The molecule has 7 heteroatoms. The maximum absolute atomic E-state index is 13.1. The van der Waals surface area contributed by atoms with Gasteiger partial charge in [-0.15, -0.1) is 0 Å². The highest BCUT2D eigenvalue weighted by atomic mass is 32.2. The highest BCUT2D eigenvalue weighted by Crippen LogP contribution is 2.22. The Morgan fingerprint density at radius 3 is 2.83 bits per heavy atom. The summed E-state index contributed by atoms with van der Waals surface area (Å²) in [6.45, 7) is 5.42. The number of hydrogen-bond donors (Lipinski definition) is 2. The molecule has 0 spiro atoms. The van der Waals surface area contributed by atoms with Crippen molar-refractivity contribution in [2.75, 3.05) is 32.7 Å². The highest BCUT2D eigenvalue weighted by molar-refractivity contribution is 7.89. The topological polar surface area (TPSA) is 74.3 Å². The van der Waals surface area contributed by atoms with Gasteiger partial charge in [0.05, 0.1) is 4.90 Å². The number of sulfonamides is 1. The van der Waals surface area contributed by atoms with E-state index >= 15 is 0 Å². The van der Waals surface area contributed by atoms with Crippen LogP contribution in [0.2, 0.25) is 0 Å². The van der Waals surface area contributed by atoms with E-state index in [0.717, 1.165) is 23.9 Å². The van der Waals surface area contributed by atoms with Crippen LogP contribution in [0, 0.1) is 0 Å². The van der Waals surface area contributed by atoms with Crippen molar-refractivity contribution in [1.29, 1.82) is 0 Å². The smallest absolute Gasteiger partial charge is 0.243 e. The highest BCUT2D eigenvalue weighted by Gasteiger charge is 2.29. The van der Waals surface area contributed by atoms with Gasteiger partial charge in [0.15, 0.2) is 0 Å². The summed E-state index contributed by atoms with van der Waals surface area (Å²) in [7, 11) is -3.53. The lowest BCUT2D eigenvalue weighted by molar-refractivity contribution is 0.335. The number of fused-ring (bicyclic) bond motifs is 1. The third-order valence-electron chi connectivity index (χ3n) is 4.14. The second-order valence-electron chi connectivity index (χ2n) is 5.80. The standard InChI is InChI=1S/C16H22N4O2S/c1-13-11-19-7-6-17-8-9-20(13)23(21,22)16-3-2-15-12-18-5-4-14(15)10-16/h2-5,10,12-13,17,19H,6-9,11H2,1H3. The van der Waals surface area contributed by atoms with Crippen LogP contribution < -0.4 is 10.6 Å². The SMILES string of the molecule is CC1CNCCNCCN1S(=O)(=O)c1ccc2cnccc2c1. The van der Waals surface area contributed by atoms with Crippen LogP contribution in [0.1, 0.15) is 6.92 Å². The number of rotatable bonds is 2. The quantitative estimate of drug-likeness (QED) is 0.850. The fourth-order valence-corrected chi connectivity index (χ4v) is 4.51. The van der Waals surface area contributed by atoms with E-state index < -0.39 is 10.0 Å². The second kappa shape index (κ2) is 6.92. The molecule has 1 atom stereocenters. The third-order valence-corrected chi connectivity index (χ3v) is 6.15. The van der Waals surface area contributed by atoms with Crippen molar-refractivity contribution in [2.24, 2.45) is 0 Å². The lowest BCUT2D eigenvalue weighted by Gasteiger charge is -2.28. The van der Waals surface area contributed by atoms with Gasteiger partial charge in [-0.3, -0.25) is 4.98 Å². The summed E-state index contributed by atoms with van der Waals surface area (Å²) in [6.07, 6.45) is 3.41. The van der Waals surface area contributed by atoms with Gasteiger partial charge in [0.2, 0.25) is 10.0 Å². The van der Waals surface area contributed by atoms with Crippen LogP contribution in [0.5, 0.6) is 0 Å². The summed E-state index contributed by atoms with van der Waals surface area (Å²) in [5.41, 5.74) is 0. The molecule has 2 heterocycles. The van der Waals surface area contributed by atoms with E-state index in [4.69, 9.17) is 0 Å². The molecule has 0 aliphatic carbocycles. The van der Waals surface area contributed by atoms with Gasteiger partial charge in [-0.1, -0.05) is 6.07 Å². The number of pyridine rings is 1. The molecular weight excluding hydrogens is 312 g/mol. The van der Waals surface area contributed by atoms with E-state index in [0.29, 0.717) is 24.5 Å². The number of benzene rings is 1. The van der Waals surface area contributed by atoms with Crippen LogP contribution in [0.25, 0.3) is 10.8 Å². The van der Waals surface area contributed by atoms with Crippen LogP contribution in [0.3, 0.4) is 0 Å². The van der Waals surface area contributed by atoms with Crippen molar-refractivity contribution in [2.45, 2.75) is 17.9 Å². The van der Waals surface area contributed by atoms with Gasteiger partial charge in [-0.05, 0) is 30.5 Å². The largest absolute Gasteiger partial charge is 0.314 e. The van der Waals surface area contributed by atoms with Gasteiger partial charge >= 0.3 is 0 Å². The molecule has 0 radical (unpaired) electrons. The van der Waals surface area contributed by atoms with E-state index in [1.807, 2.05) is 19.1 Å². The molecule has 124 valence electrons. The number of aromatic nitrogens is 1. The predicted molar refractivity (Wildman–Crippen MR) is 90.8 cm³/mol. The van der Waals surface area contributed by atoms with Gasteiger partial charge in [0.25, 0.3) is 0 Å². The Morgan fingerprint density at radius 1 is 1.13 bits per heavy atom. The molecule has 3 rings (SSSR count). The Bertz CT molecular complexity index is 778. The summed E-state index contributed by atoms with van der Waals surface area (Å²) in [6, 6.07) is 6.95. The molecule has 1 fully saturated rings. The second-order valence-corrected chi connectivity index (χ2v) is 7.69. The lowest BCUT2D eigenvalue weighted by atomic mass is 10.2. The summed E-state index contributed by atoms with van der Waals surface area (Å²) in [5.74, 6) is 0. The molecule has 1 aliphatic rings. The van der Waals surface area contributed by atoms with Crippen molar-refractivity contribution in [3.8, 4) is 0 Å². The first kappa shape index (κ1) is 16.3. The first-order chi connectivity index (χ1) is 11.1. The summed E-state index contributed by atoms with van der Waals surface area (Å²) in [4.78, 5) is 4.40. The molecule has 1 unspecified atom stereocenters. The molecule has 6 nitrogen and oxygen atoms in total. The van der Waals surface area contributed by atoms with Gasteiger partial charge in [-0.2, -0.15) is 4.31 Å². The van der Waals surface area contributed by atoms with E-state index in [1.54, 1.807) is 28.8 Å². The van der Waals surface area contributed by atoms with Crippen molar-refractivity contribution in [3.05, 3.63) is 36.7 Å². The minimum absolute atomic E-state index is 0.0898. The van der Waals surface area contributed by atoms with Crippen LogP contribution in [0.4, 0.5) is 0 Å². The molecule has 0 saturated carbocycles. The maximum Gasteiger partial charge on any atom is 0.243 e. The maximum atomic E-state index is 13.1. The minimum atomic E-state index is -3.53. The average Bonchev–Trinajstić information content (AvgIpc) is 2.66. The molecule has 23 heavy (non-hydrogen) atoms. The summed E-state index contributed by atoms with van der Waals surface area (Å²) in [5, 5.41) is 8.36. The average molecular weight is 334 g/mol. The predicted octanol–water partition coefficient (Wildman–Crippen LogP) is 0.807. The first-order valence-corrected chi connectivity index (χ1v) is 9.30. The van der Waals surface area contributed by atoms with E-state index in [1.165, 1.54) is 0 Å². The van der Waals surface area contributed by atoms with E-state index in [9.17, 15) is 8.42 Å². The zero-order valence-corrected chi connectivity index (χ0v) is 14.0. The van der Waals surface area contributed by atoms with E-state index in [-0.39, 0.29) is 6.04 Å². The number of nitrogens with zero attached hydrogens (tertiary/aromatic N) is 2. The zero-order chi connectivity index (χ0) is 16.3. The molecule has 0 amide bonds. The van der Waals surface area contributed by atoms with Gasteiger partial charge in [0.1, 0.15) is 0 Å². The Labute approximate surface area is 137 Å². The number of nitrogens with one attached hydrogen (secondary N) is 2. The molecule has 1 aliphatic heterocycles. The normalized spacial score (nSPS) is 21.5. The Balaban J connectivity index is 1.96. The summed E-state index contributed by atoms with van der Waals surface area (Å²) < 4.78 is 27.7. The molecule has 0 bridgehead atoms. The van der Waals surface area contributed by atoms with E-state index in [2.05, 4.69) is 15.6 Å². The molecule has 1 saturated heterocycles. The molecule has 2 aromatic rings. The fraction of sp³-hybridized carbons (Fsp3) is 0.438. The molecule has 2 N–H and O–H groups in total. The van der Waals surface area contributed by atoms with Crippen molar-refractivity contribution < 1.29 is 8.42 Å². The zero-order valence-electron chi connectivity index (χ0n) is 13.2. The Morgan fingerprint density at radius 2 is 1.96 bits per heavy atom. The van der Waals surface area contributed by atoms with Gasteiger partial charge < -0.3 is 10.6 Å². The first-order valence-electron chi connectivity index (χ1n) is 7.86. The van der Waals surface area contributed by atoms with Gasteiger partial charge in [-0.25, -0.2) is 8.42 Å². The molecule has 1 aromatic heterocycles. The van der Waals surface area contributed by atoms with Crippen LogP contribution in [0.15, 0.2) is 41.6 Å². The van der Waals surface area contributed by atoms with Crippen molar-refractivity contribution in [3.63, 3.8) is 0 Å². The monoisotopic (exact) mass is 334 g/mol. The number of hydrogen-bond acceptors (Lipinski definition) is 5. The van der Waals surface area contributed by atoms with Crippen molar-refractivity contribution >= 4 is 20.8 Å². The van der Waals surface area contributed by atoms with Crippen molar-refractivity contribution in [1.82, 2.24) is 19.9 Å². The Hall–Kier alpha value is -1.54. The molecular formula is C16H22N4O2S. The van der Waals surface area contributed by atoms with Crippen LogP contribution >= 0.6 is 0 Å². The summed E-state index contributed by atoms with van der Waals surface area (Å²) >= 11 is 0. The minimum Gasteiger partial charge on any atom is -0.314 e.